The average Bonchev–Trinajstić information content (AvgIpc) is 2.86. The minimum absolute atomic E-state index is 0.130. The summed E-state index contributed by atoms with van der Waals surface area (Å²) in [6.07, 6.45) is 11.7. The first-order valence-corrected chi connectivity index (χ1v) is 13.6. The van der Waals surface area contributed by atoms with Gasteiger partial charge in [0.2, 0.25) is 0 Å². The zero-order chi connectivity index (χ0) is 25.5. The van der Waals surface area contributed by atoms with Crippen molar-refractivity contribution in [2.45, 2.75) is 71.1 Å². The van der Waals surface area contributed by atoms with Crippen LogP contribution >= 0.6 is 0 Å². The molecule has 9 nitrogen and oxygen atoms in total. The molecular weight excluding hydrogens is 454 g/mol. The first-order chi connectivity index (χ1) is 17.3. The molecule has 0 aliphatic heterocycles. The van der Waals surface area contributed by atoms with Gasteiger partial charge in [-0.1, -0.05) is 58.3 Å². The Balaban J connectivity index is 3.12. The highest BCUT2D eigenvalue weighted by atomic mass is 16.6. The molecule has 9 heteroatoms. The molecule has 2 N–H and O–H groups in total. The van der Waals surface area contributed by atoms with Crippen molar-refractivity contribution in [3.63, 3.8) is 0 Å². The minimum Gasteiger partial charge on any atom is -0.463 e. The molecule has 0 bridgehead atoms. The van der Waals surface area contributed by atoms with Crippen LogP contribution < -0.4 is 5.73 Å². The first kappa shape index (κ1) is 34.2. The smallest absolute Gasteiger partial charge is 0.305 e. The second-order valence-corrected chi connectivity index (χ2v) is 8.26. The molecule has 35 heavy (non-hydrogen) atoms. The fraction of sp³-hybridized carbons (Fsp3) is 0.962. The molecule has 0 fully saturated rings. The normalized spacial score (nSPS) is 11.3. The molecule has 0 aliphatic carbocycles. The highest BCUT2D eigenvalue weighted by Gasteiger charge is 2.02. The molecular formula is C26H53NO8. The second kappa shape index (κ2) is 31.2. The van der Waals surface area contributed by atoms with Crippen molar-refractivity contribution in [1.29, 1.82) is 0 Å². The molecule has 0 heterocycles. The number of hydrogen-bond donors (Lipinski definition) is 1. The lowest BCUT2D eigenvalue weighted by Gasteiger charge is -2.08. The van der Waals surface area contributed by atoms with Crippen LogP contribution in [0.2, 0.25) is 0 Å². The van der Waals surface area contributed by atoms with E-state index in [2.05, 4.69) is 6.92 Å². The molecule has 0 rings (SSSR count). The van der Waals surface area contributed by atoms with Gasteiger partial charge in [-0.3, -0.25) is 4.79 Å². The van der Waals surface area contributed by atoms with Gasteiger partial charge in [0.25, 0.3) is 0 Å². The van der Waals surface area contributed by atoms with E-state index in [9.17, 15) is 4.79 Å². The molecule has 0 amide bonds. The van der Waals surface area contributed by atoms with Crippen LogP contribution in [0.5, 0.6) is 0 Å². The summed E-state index contributed by atoms with van der Waals surface area (Å²) in [6, 6.07) is 0. The molecule has 0 radical (unpaired) electrons. The Hall–Kier alpha value is -0.810. The quantitative estimate of drug-likeness (QED) is 0.115. The van der Waals surface area contributed by atoms with Crippen molar-refractivity contribution in [1.82, 2.24) is 0 Å². The zero-order valence-electron chi connectivity index (χ0n) is 22.3. The first-order valence-electron chi connectivity index (χ1n) is 13.6. The van der Waals surface area contributed by atoms with Crippen molar-refractivity contribution in [3.8, 4) is 0 Å². The summed E-state index contributed by atoms with van der Waals surface area (Å²) in [5, 5.41) is 0. The molecule has 0 saturated carbocycles. The fourth-order valence-corrected chi connectivity index (χ4v) is 3.15. The van der Waals surface area contributed by atoms with Gasteiger partial charge in [0.1, 0.15) is 6.61 Å². The van der Waals surface area contributed by atoms with E-state index >= 15 is 0 Å². The predicted molar refractivity (Wildman–Crippen MR) is 137 cm³/mol. The Bertz CT molecular complexity index is 415. The Kier molecular flexibility index (Phi) is 30.5. The van der Waals surface area contributed by atoms with Crippen LogP contribution in [0.4, 0.5) is 0 Å². The zero-order valence-corrected chi connectivity index (χ0v) is 22.3. The lowest BCUT2D eigenvalue weighted by atomic mass is 10.1. The standard InChI is InChI=1S/C26H53NO8/c1-2-3-4-5-6-7-8-9-10-11-26(28)35-25-24-34-23-22-33-21-20-32-19-18-31-17-16-30-15-14-29-13-12-27/h2-25,27H2,1H3. The summed E-state index contributed by atoms with van der Waals surface area (Å²) in [5.74, 6) is -0.130. The van der Waals surface area contributed by atoms with E-state index < -0.39 is 0 Å². The molecule has 0 spiro atoms. The number of carbonyl (C=O) groups excluding carboxylic acids is 1. The highest BCUT2D eigenvalue weighted by molar-refractivity contribution is 5.69. The highest BCUT2D eigenvalue weighted by Crippen LogP contribution is 2.10. The van der Waals surface area contributed by atoms with Gasteiger partial charge in [0.15, 0.2) is 0 Å². The van der Waals surface area contributed by atoms with E-state index in [0.29, 0.717) is 98.9 Å². The third-order valence-electron chi connectivity index (χ3n) is 5.10. The van der Waals surface area contributed by atoms with Gasteiger partial charge in [-0.2, -0.15) is 0 Å². The van der Waals surface area contributed by atoms with Gasteiger partial charge >= 0.3 is 5.97 Å². The second-order valence-electron chi connectivity index (χ2n) is 8.26. The van der Waals surface area contributed by atoms with Gasteiger partial charge in [0.05, 0.1) is 79.3 Å². The van der Waals surface area contributed by atoms with Crippen LogP contribution in [0.1, 0.15) is 71.1 Å². The Morgan fingerprint density at radius 3 is 1.23 bits per heavy atom. The predicted octanol–water partition coefficient (Wildman–Crippen LogP) is 3.51. The van der Waals surface area contributed by atoms with Crippen LogP contribution in [-0.2, 0) is 38.0 Å². The van der Waals surface area contributed by atoms with Crippen molar-refractivity contribution in [3.05, 3.63) is 0 Å². The summed E-state index contributed by atoms with van der Waals surface area (Å²) in [5.41, 5.74) is 5.32. The lowest BCUT2D eigenvalue weighted by Crippen LogP contribution is -2.15. The fourth-order valence-electron chi connectivity index (χ4n) is 3.15. The molecule has 0 aromatic rings. The molecule has 0 aromatic heterocycles. The van der Waals surface area contributed by atoms with Crippen LogP contribution in [-0.4, -0.2) is 98.4 Å². The number of unbranched alkanes of at least 4 members (excludes halogenated alkanes) is 8. The van der Waals surface area contributed by atoms with Crippen molar-refractivity contribution in [2.75, 3.05) is 92.4 Å². The van der Waals surface area contributed by atoms with Gasteiger partial charge in [-0.25, -0.2) is 0 Å². The van der Waals surface area contributed by atoms with Crippen LogP contribution in [0.25, 0.3) is 0 Å². The summed E-state index contributed by atoms with van der Waals surface area (Å²) < 4.78 is 37.4. The van der Waals surface area contributed by atoms with Gasteiger partial charge < -0.3 is 38.9 Å². The molecule has 0 saturated heterocycles. The third kappa shape index (κ3) is 31.2. The maximum Gasteiger partial charge on any atom is 0.305 e. The maximum absolute atomic E-state index is 11.7. The van der Waals surface area contributed by atoms with E-state index in [0.717, 1.165) is 12.8 Å². The van der Waals surface area contributed by atoms with Gasteiger partial charge in [-0.15, -0.1) is 0 Å². The maximum atomic E-state index is 11.7. The number of esters is 1. The minimum atomic E-state index is -0.130. The van der Waals surface area contributed by atoms with Crippen LogP contribution in [0.3, 0.4) is 0 Å². The SMILES string of the molecule is CCCCCCCCCCCC(=O)OCCOCCOCCOCCOCCOCCOCCN. The summed E-state index contributed by atoms with van der Waals surface area (Å²) in [7, 11) is 0. The number of hydrogen-bond acceptors (Lipinski definition) is 9. The van der Waals surface area contributed by atoms with E-state index in [4.69, 9.17) is 38.9 Å². The molecule has 210 valence electrons. The topological polar surface area (TPSA) is 108 Å². The molecule has 0 unspecified atom stereocenters. The number of nitrogens with two attached hydrogens (primary N) is 1. The van der Waals surface area contributed by atoms with Crippen molar-refractivity contribution in [2.24, 2.45) is 5.73 Å². The lowest BCUT2D eigenvalue weighted by molar-refractivity contribution is -0.145. The largest absolute Gasteiger partial charge is 0.463 e. The van der Waals surface area contributed by atoms with Crippen molar-refractivity contribution >= 4 is 5.97 Å². The summed E-state index contributed by atoms with van der Waals surface area (Å²) >= 11 is 0. The number of rotatable bonds is 30. The third-order valence-corrected chi connectivity index (χ3v) is 5.10. The average molecular weight is 508 g/mol. The summed E-state index contributed by atoms with van der Waals surface area (Å²) in [6.45, 7) is 9.19. The van der Waals surface area contributed by atoms with E-state index in [1.54, 1.807) is 0 Å². The van der Waals surface area contributed by atoms with Crippen LogP contribution in [0, 0.1) is 0 Å². The van der Waals surface area contributed by atoms with E-state index in [-0.39, 0.29) is 5.97 Å². The Morgan fingerprint density at radius 1 is 0.486 bits per heavy atom. The van der Waals surface area contributed by atoms with Gasteiger partial charge in [0, 0.05) is 13.0 Å². The molecule has 0 aromatic carbocycles. The van der Waals surface area contributed by atoms with Crippen LogP contribution in [0.15, 0.2) is 0 Å². The van der Waals surface area contributed by atoms with Crippen molar-refractivity contribution < 1.29 is 38.0 Å². The number of ether oxygens (including phenoxy) is 7. The Labute approximate surface area is 213 Å². The summed E-state index contributed by atoms with van der Waals surface area (Å²) in [4.78, 5) is 11.7. The number of carbonyl (C=O) groups is 1. The Morgan fingerprint density at radius 2 is 0.829 bits per heavy atom. The molecule has 0 aliphatic rings. The van der Waals surface area contributed by atoms with E-state index in [1.165, 1.54) is 44.9 Å². The molecule has 0 atom stereocenters. The van der Waals surface area contributed by atoms with E-state index in [1.807, 2.05) is 0 Å². The van der Waals surface area contributed by atoms with Gasteiger partial charge in [-0.05, 0) is 6.42 Å². The monoisotopic (exact) mass is 507 g/mol.